The lowest BCUT2D eigenvalue weighted by Crippen LogP contribution is -2.18. The van der Waals surface area contributed by atoms with Crippen LogP contribution in [-0.2, 0) is 17.8 Å². The quantitative estimate of drug-likeness (QED) is 0.789. The molecule has 0 radical (unpaired) electrons. The zero-order valence-corrected chi connectivity index (χ0v) is 12.4. The number of halogens is 1. The number of pyridine rings is 1. The molecule has 5 nitrogen and oxygen atoms in total. The SMILES string of the molecule is COCCNCc1cn(Cc2cncc(Br)c2)cn1. The van der Waals surface area contributed by atoms with Crippen LogP contribution in [0.5, 0.6) is 0 Å². The first-order valence-corrected chi connectivity index (χ1v) is 6.87. The van der Waals surface area contributed by atoms with E-state index < -0.39 is 0 Å². The van der Waals surface area contributed by atoms with Gasteiger partial charge in [0.1, 0.15) is 0 Å². The fraction of sp³-hybridized carbons (Fsp3) is 0.385. The van der Waals surface area contributed by atoms with E-state index in [9.17, 15) is 0 Å². The second-order valence-electron chi connectivity index (χ2n) is 4.22. The summed E-state index contributed by atoms with van der Waals surface area (Å²) in [7, 11) is 1.70. The first kappa shape index (κ1) is 14.2. The van der Waals surface area contributed by atoms with Crippen molar-refractivity contribution in [1.29, 1.82) is 0 Å². The summed E-state index contributed by atoms with van der Waals surface area (Å²) in [5, 5.41) is 3.27. The molecule has 0 aliphatic rings. The second-order valence-corrected chi connectivity index (χ2v) is 5.13. The van der Waals surface area contributed by atoms with E-state index in [2.05, 4.69) is 41.8 Å². The molecule has 0 saturated heterocycles. The van der Waals surface area contributed by atoms with Crippen LogP contribution in [0.3, 0.4) is 0 Å². The molecule has 19 heavy (non-hydrogen) atoms. The smallest absolute Gasteiger partial charge is 0.0953 e. The van der Waals surface area contributed by atoms with Crippen molar-refractivity contribution in [3.8, 4) is 0 Å². The van der Waals surface area contributed by atoms with Gasteiger partial charge in [-0.1, -0.05) is 0 Å². The minimum atomic E-state index is 0.713. The Balaban J connectivity index is 1.87. The van der Waals surface area contributed by atoms with Gasteiger partial charge in [-0.15, -0.1) is 0 Å². The van der Waals surface area contributed by atoms with E-state index in [-0.39, 0.29) is 0 Å². The first-order valence-electron chi connectivity index (χ1n) is 6.07. The molecule has 0 amide bonds. The topological polar surface area (TPSA) is 52.0 Å². The molecule has 1 N–H and O–H groups in total. The Labute approximate surface area is 121 Å². The predicted molar refractivity (Wildman–Crippen MR) is 76.8 cm³/mol. The molecule has 2 aromatic rings. The number of hydrogen-bond acceptors (Lipinski definition) is 4. The van der Waals surface area contributed by atoms with Gasteiger partial charge in [-0.05, 0) is 27.6 Å². The molecule has 2 aromatic heterocycles. The number of nitrogens with zero attached hydrogens (tertiary/aromatic N) is 3. The Morgan fingerprint density at radius 1 is 1.42 bits per heavy atom. The van der Waals surface area contributed by atoms with Gasteiger partial charge in [-0.25, -0.2) is 4.98 Å². The summed E-state index contributed by atoms with van der Waals surface area (Å²) in [4.78, 5) is 8.51. The fourth-order valence-corrected chi connectivity index (χ4v) is 2.14. The molecule has 0 spiro atoms. The summed E-state index contributed by atoms with van der Waals surface area (Å²) in [6.07, 6.45) is 7.53. The van der Waals surface area contributed by atoms with E-state index in [1.165, 1.54) is 0 Å². The lowest BCUT2D eigenvalue weighted by molar-refractivity contribution is 0.199. The van der Waals surface area contributed by atoms with E-state index in [1.807, 2.05) is 18.7 Å². The summed E-state index contributed by atoms with van der Waals surface area (Å²) in [5.74, 6) is 0. The highest BCUT2D eigenvalue weighted by Crippen LogP contribution is 2.11. The van der Waals surface area contributed by atoms with Crippen LogP contribution in [-0.4, -0.2) is 34.8 Å². The minimum absolute atomic E-state index is 0.713. The molecule has 0 aromatic carbocycles. The number of imidazole rings is 1. The average molecular weight is 325 g/mol. The molecule has 0 aliphatic heterocycles. The molecule has 2 rings (SSSR count). The van der Waals surface area contributed by atoms with Gasteiger partial charge in [0, 0.05) is 43.3 Å². The zero-order valence-electron chi connectivity index (χ0n) is 10.8. The van der Waals surface area contributed by atoms with Gasteiger partial charge in [0.05, 0.1) is 25.2 Å². The molecule has 102 valence electrons. The Hall–Kier alpha value is -1.24. The maximum absolute atomic E-state index is 4.98. The van der Waals surface area contributed by atoms with Gasteiger partial charge in [-0.2, -0.15) is 0 Å². The molecule has 0 aliphatic carbocycles. The highest BCUT2D eigenvalue weighted by Gasteiger charge is 2.00. The van der Waals surface area contributed by atoms with Crippen molar-refractivity contribution < 1.29 is 4.74 Å². The summed E-state index contributed by atoms with van der Waals surface area (Å²) in [6.45, 7) is 3.08. The molecule has 0 unspecified atom stereocenters. The number of methoxy groups -OCH3 is 1. The maximum Gasteiger partial charge on any atom is 0.0953 e. The maximum atomic E-state index is 4.98. The third-order valence-corrected chi connectivity index (χ3v) is 3.04. The number of ether oxygens (including phenoxy) is 1. The van der Waals surface area contributed by atoms with Gasteiger partial charge in [0.15, 0.2) is 0 Å². The average Bonchev–Trinajstić information content (AvgIpc) is 2.82. The van der Waals surface area contributed by atoms with Gasteiger partial charge in [0.2, 0.25) is 0 Å². The van der Waals surface area contributed by atoms with E-state index in [0.717, 1.165) is 35.4 Å². The van der Waals surface area contributed by atoms with Crippen LogP contribution in [0, 0.1) is 0 Å². The molecule has 0 fully saturated rings. The Morgan fingerprint density at radius 2 is 2.32 bits per heavy atom. The van der Waals surface area contributed by atoms with E-state index >= 15 is 0 Å². The van der Waals surface area contributed by atoms with Gasteiger partial charge >= 0.3 is 0 Å². The monoisotopic (exact) mass is 324 g/mol. The number of rotatable bonds is 7. The van der Waals surface area contributed by atoms with Crippen molar-refractivity contribution in [2.24, 2.45) is 0 Å². The van der Waals surface area contributed by atoms with Crippen LogP contribution in [0.15, 0.2) is 35.5 Å². The number of aromatic nitrogens is 3. The van der Waals surface area contributed by atoms with Crippen LogP contribution in [0.25, 0.3) is 0 Å². The highest BCUT2D eigenvalue weighted by atomic mass is 79.9. The molecule has 0 atom stereocenters. The van der Waals surface area contributed by atoms with Crippen molar-refractivity contribution in [2.75, 3.05) is 20.3 Å². The number of nitrogens with one attached hydrogen (secondary N) is 1. The fourth-order valence-electron chi connectivity index (χ4n) is 1.73. The second kappa shape index (κ2) is 7.37. The molecular formula is C13H17BrN4O. The Morgan fingerprint density at radius 3 is 3.11 bits per heavy atom. The Bertz CT molecular complexity index is 515. The summed E-state index contributed by atoms with van der Waals surface area (Å²) in [5.41, 5.74) is 2.17. The van der Waals surface area contributed by atoms with E-state index in [4.69, 9.17) is 4.74 Å². The third-order valence-electron chi connectivity index (χ3n) is 2.60. The molecule has 0 bridgehead atoms. The highest BCUT2D eigenvalue weighted by molar-refractivity contribution is 9.10. The minimum Gasteiger partial charge on any atom is -0.383 e. The van der Waals surface area contributed by atoms with E-state index in [0.29, 0.717) is 6.61 Å². The molecule has 2 heterocycles. The van der Waals surface area contributed by atoms with Crippen LogP contribution in [0.1, 0.15) is 11.3 Å². The lowest BCUT2D eigenvalue weighted by Gasteiger charge is -2.02. The molecular weight excluding hydrogens is 308 g/mol. The first-order chi connectivity index (χ1) is 9.28. The normalized spacial score (nSPS) is 10.8. The zero-order chi connectivity index (χ0) is 13.5. The van der Waals surface area contributed by atoms with Gasteiger partial charge in [-0.3, -0.25) is 4.98 Å². The number of hydrogen-bond donors (Lipinski definition) is 1. The van der Waals surface area contributed by atoms with Crippen molar-refractivity contribution in [1.82, 2.24) is 19.9 Å². The van der Waals surface area contributed by atoms with E-state index in [1.54, 1.807) is 13.3 Å². The summed E-state index contributed by atoms with van der Waals surface area (Å²) >= 11 is 3.42. The predicted octanol–water partition coefficient (Wildman–Crippen LogP) is 1.82. The van der Waals surface area contributed by atoms with Crippen molar-refractivity contribution in [3.63, 3.8) is 0 Å². The molecule has 0 saturated carbocycles. The van der Waals surface area contributed by atoms with Gasteiger partial charge < -0.3 is 14.6 Å². The van der Waals surface area contributed by atoms with Crippen LogP contribution < -0.4 is 5.32 Å². The third kappa shape index (κ3) is 4.74. The summed E-state index contributed by atoms with van der Waals surface area (Å²) in [6, 6.07) is 2.06. The Kier molecular flexibility index (Phi) is 5.50. The summed E-state index contributed by atoms with van der Waals surface area (Å²) < 4.78 is 8.02. The van der Waals surface area contributed by atoms with Crippen molar-refractivity contribution >= 4 is 15.9 Å². The molecule has 6 heteroatoms. The van der Waals surface area contributed by atoms with Crippen LogP contribution in [0.2, 0.25) is 0 Å². The van der Waals surface area contributed by atoms with Crippen LogP contribution in [0.4, 0.5) is 0 Å². The standard InChI is InChI=1S/C13H17BrN4O/c1-19-3-2-15-7-13-9-18(10-17-13)8-11-4-12(14)6-16-5-11/h4-6,9-10,15H,2-3,7-8H2,1H3. The largest absolute Gasteiger partial charge is 0.383 e. The van der Waals surface area contributed by atoms with Gasteiger partial charge in [0.25, 0.3) is 0 Å². The van der Waals surface area contributed by atoms with Crippen molar-refractivity contribution in [3.05, 3.63) is 46.7 Å². The van der Waals surface area contributed by atoms with Crippen molar-refractivity contribution in [2.45, 2.75) is 13.1 Å². The lowest BCUT2D eigenvalue weighted by atomic mass is 10.3. The van der Waals surface area contributed by atoms with Crippen LogP contribution >= 0.6 is 15.9 Å².